The number of hydrogen-bond donors (Lipinski definition) is 9. The average Bonchev–Trinajstić information content (AvgIpc) is 0.794. The molecule has 2 aliphatic rings. The number of allylic oxidation sites excluding steroid dienone is 13. The number of aliphatic hydroxyl groups excluding tert-OH is 8. The molecule has 97 heavy (non-hydrogen) atoms. The van der Waals surface area contributed by atoms with E-state index >= 15 is 0 Å². The van der Waals surface area contributed by atoms with Gasteiger partial charge >= 0.3 is 0 Å². The molecular formula is C83H149NO13. The molecule has 2 saturated heterocycles. The lowest BCUT2D eigenvalue weighted by Crippen LogP contribution is -2.65. The predicted octanol–water partition coefficient (Wildman–Crippen LogP) is 18.3. The van der Waals surface area contributed by atoms with Gasteiger partial charge in [0.05, 0.1) is 32.0 Å². The Balaban J connectivity index is 1.57. The second kappa shape index (κ2) is 66.4. The number of amides is 1. The number of carbonyl (C=O) groups is 1. The highest BCUT2D eigenvalue weighted by molar-refractivity contribution is 5.76. The molecule has 0 bridgehead atoms. The van der Waals surface area contributed by atoms with Gasteiger partial charge in [0.15, 0.2) is 12.6 Å². The smallest absolute Gasteiger partial charge is 0.220 e. The van der Waals surface area contributed by atoms with Crippen LogP contribution in [0.15, 0.2) is 85.1 Å². The number of carbonyl (C=O) groups excluding carboxylic acids is 1. The number of aliphatic hydroxyl groups is 8. The van der Waals surface area contributed by atoms with Crippen molar-refractivity contribution < 1.29 is 64.6 Å². The zero-order chi connectivity index (χ0) is 70.1. The van der Waals surface area contributed by atoms with Crippen molar-refractivity contribution in [2.75, 3.05) is 19.8 Å². The van der Waals surface area contributed by atoms with Crippen LogP contribution in [0.5, 0.6) is 0 Å². The summed E-state index contributed by atoms with van der Waals surface area (Å²) in [5, 5.41) is 87.6. The van der Waals surface area contributed by atoms with Crippen LogP contribution in [0.2, 0.25) is 0 Å². The predicted molar refractivity (Wildman–Crippen MR) is 401 cm³/mol. The molecule has 12 atom stereocenters. The minimum absolute atomic E-state index is 0.248. The Bertz CT molecular complexity index is 1950. The molecule has 2 fully saturated rings. The third kappa shape index (κ3) is 49.4. The van der Waals surface area contributed by atoms with Gasteiger partial charge in [-0.3, -0.25) is 4.79 Å². The topological polar surface area (TPSA) is 228 Å². The molecule has 0 aromatic rings. The first-order valence-corrected chi connectivity index (χ1v) is 40.3. The molecule has 0 saturated carbocycles. The summed E-state index contributed by atoms with van der Waals surface area (Å²) in [4.78, 5) is 13.4. The minimum atomic E-state index is -1.79. The third-order valence-electron chi connectivity index (χ3n) is 19.3. The second-order valence-corrected chi connectivity index (χ2v) is 28.1. The molecule has 564 valence electrons. The van der Waals surface area contributed by atoms with Gasteiger partial charge in [-0.15, -0.1) is 0 Å². The zero-order valence-corrected chi connectivity index (χ0v) is 61.8. The fraction of sp³-hybridized carbons (Fsp3) is 0.819. The quantitative estimate of drug-likeness (QED) is 0.0204. The molecule has 2 aliphatic heterocycles. The van der Waals surface area contributed by atoms with E-state index in [2.05, 4.69) is 92.1 Å². The summed E-state index contributed by atoms with van der Waals surface area (Å²) in [7, 11) is 0. The van der Waals surface area contributed by atoms with Crippen molar-refractivity contribution in [1.82, 2.24) is 5.32 Å². The van der Waals surface area contributed by atoms with Crippen LogP contribution in [0.3, 0.4) is 0 Å². The normalized spacial score (nSPS) is 22.6. The van der Waals surface area contributed by atoms with Crippen molar-refractivity contribution in [2.24, 2.45) is 0 Å². The summed E-state index contributed by atoms with van der Waals surface area (Å²) in [5.74, 6) is -0.248. The van der Waals surface area contributed by atoms with Gasteiger partial charge in [-0.25, -0.2) is 0 Å². The Morgan fingerprint density at radius 1 is 0.381 bits per heavy atom. The van der Waals surface area contributed by atoms with E-state index in [4.69, 9.17) is 18.9 Å². The van der Waals surface area contributed by atoms with Crippen molar-refractivity contribution in [3.8, 4) is 0 Å². The molecule has 0 radical (unpaired) electrons. The summed E-state index contributed by atoms with van der Waals surface area (Å²) in [6, 6.07) is -0.941. The largest absolute Gasteiger partial charge is 0.394 e. The van der Waals surface area contributed by atoms with E-state index < -0.39 is 86.8 Å². The molecule has 0 aromatic heterocycles. The van der Waals surface area contributed by atoms with Crippen LogP contribution in [0.1, 0.15) is 341 Å². The minimum Gasteiger partial charge on any atom is -0.394 e. The Kier molecular flexibility index (Phi) is 61.8. The summed E-state index contributed by atoms with van der Waals surface area (Å²) in [5.41, 5.74) is 0. The van der Waals surface area contributed by atoms with E-state index in [-0.39, 0.29) is 18.9 Å². The molecule has 9 N–H and O–H groups in total. The maximum atomic E-state index is 13.4. The van der Waals surface area contributed by atoms with Crippen LogP contribution >= 0.6 is 0 Å². The summed E-state index contributed by atoms with van der Waals surface area (Å²) < 4.78 is 22.9. The van der Waals surface area contributed by atoms with Crippen LogP contribution in [-0.4, -0.2) is 140 Å². The molecule has 12 unspecified atom stereocenters. The lowest BCUT2D eigenvalue weighted by atomic mass is 9.97. The maximum absolute atomic E-state index is 13.4. The van der Waals surface area contributed by atoms with E-state index in [0.29, 0.717) is 12.8 Å². The highest BCUT2D eigenvalue weighted by Crippen LogP contribution is 2.30. The van der Waals surface area contributed by atoms with E-state index in [9.17, 15) is 45.6 Å². The van der Waals surface area contributed by atoms with Gasteiger partial charge in [-0.2, -0.15) is 0 Å². The van der Waals surface area contributed by atoms with Gasteiger partial charge in [0.2, 0.25) is 5.91 Å². The van der Waals surface area contributed by atoms with Gasteiger partial charge < -0.3 is 65.1 Å². The lowest BCUT2D eigenvalue weighted by Gasteiger charge is -2.46. The fourth-order valence-corrected chi connectivity index (χ4v) is 13.0. The second-order valence-electron chi connectivity index (χ2n) is 28.1. The van der Waals surface area contributed by atoms with E-state index in [1.165, 1.54) is 238 Å². The van der Waals surface area contributed by atoms with Crippen molar-refractivity contribution in [3.63, 3.8) is 0 Å². The molecule has 14 nitrogen and oxygen atoms in total. The lowest BCUT2D eigenvalue weighted by molar-refractivity contribution is -0.359. The van der Waals surface area contributed by atoms with E-state index in [1.807, 2.05) is 6.08 Å². The number of rotatable bonds is 67. The summed E-state index contributed by atoms with van der Waals surface area (Å²) in [6.07, 6.45) is 76.8. The standard InChI is InChI=1S/C83H149NO13/c1-3-5-7-9-11-13-15-17-19-21-23-25-27-28-29-30-31-32-33-34-35-36-37-38-39-40-41-42-43-44-45-47-49-51-53-55-57-59-61-63-65-67-75(88)84-71(70-94-82-80(93)78(91)81(74(69-86)96-82)97-83-79(92)77(90)76(89)73(68-85)95-83)72(87)66-64-62-60-58-56-54-52-50-48-46-26-24-22-20-18-16-14-12-10-8-6-4-2/h5,7,11,13,17,19,23,25,48,50,56,58,64,66,71-74,76-83,85-87,89-93H,3-4,6,8-10,12,14-16,18,20-22,24,26-47,49,51-55,57,59-63,65,67-70H2,1-2H3,(H,84,88)/b7-5-,13-11-,19-17-,25-23-,50-48+,58-56+,66-64+. The third-order valence-corrected chi connectivity index (χ3v) is 19.3. The Labute approximate surface area is 592 Å². The Morgan fingerprint density at radius 3 is 1.13 bits per heavy atom. The first kappa shape index (κ1) is 90.3. The van der Waals surface area contributed by atoms with Crippen molar-refractivity contribution in [1.29, 1.82) is 0 Å². The van der Waals surface area contributed by atoms with Crippen molar-refractivity contribution in [2.45, 2.75) is 415 Å². The molecule has 2 rings (SSSR count). The number of hydrogen-bond acceptors (Lipinski definition) is 13. The number of unbranched alkanes of at least 4 members (excludes halogenated alkanes) is 42. The van der Waals surface area contributed by atoms with Crippen LogP contribution in [0.4, 0.5) is 0 Å². The SMILES string of the molecule is CC/C=C\C/C=C\C/C=C\C/C=C\CCCCCCCCCCCCCCCCCCCCCCCCCCCCCCC(=O)NC(COC1OC(CO)C(OC2OC(CO)C(O)C(O)C2O)C(O)C1O)C(O)/C=C/CC/C=C/CC/C=C/CCCCCCCCCCCCCC. The highest BCUT2D eigenvalue weighted by atomic mass is 16.7. The van der Waals surface area contributed by atoms with Crippen LogP contribution in [0, 0.1) is 0 Å². The average molecular weight is 1370 g/mol. The van der Waals surface area contributed by atoms with Gasteiger partial charge in [0, 0.05) is 6.42 Å². The monoisotopic (exact) mass is 1370 g/mol. The maximum Gasteiger partial charge on any atom is 0.220 e. The molecule has 14 heteroatoms. The van der Waals surface area contributed by atoms with E-state index in [1.54, 1.807) is 6.08 Å². The molecule has 0 aliphatic carbocycles. The van der Waals surface area contributed by atoms with Gasteiger partial charge in [-0.1, -0.05) is 336 Å². The van der Waals surface area contributed by atoms with Crippen LogP contribution < -0.4 is 5.32 Å². The molecule has 0 spiro atoms. The van der Waals surface area contributed by atoms with Gasteiger partial charge in [-0.05, 0) is 83.5 Å². The molecule has 0 aromatic carbocycles. The fourth-order valence-electron chi connectivity index (χ4n) is 13.0. The van der Waals surface area contributed by atoms with Gasteiger partial charge in [0.1, 0.15) is 48.8 Å². The number of nitrogens with one attached hydrogen (secondary N) is 1. The van der Waals surface area contributed by atoms with Gasteiger partial charge in [0.25, 0.3) is 0 Å². The van der Waals surface area contributed by atoms with Crippen LogP contribution in [-0.2, 0) is 23.7 Å². The Hall–Kier alpha value is -2.83. The van der Waals surface area contributed by atoms with Crippen LogP contribution in [0.25, 0.3) is 0 Å². The van der Waals surface area contributed by atoms with Crippen molar-refractivity contribution >= 4 is 5.91 Å². The first-order chi connectivity index (χ1) is 47.6. The molecule has 2 heterocycles. The first-order valence-electron chi connectivity index (χ1n) is 40.3. The summed E-state index contributed by atoms with van der Waals surface area (Å²) >= 11 is 0. The van der Waals surface area contributed by atoms with E-state index in [0.717, 1.165) is 70.6 Å². The zero-order valence-electron chi connectivity index (χ0n) is 61.8. The summed E-state index contributed by atoms with van der Waals surface area (Å²) in [6.45, 7) is 2.70. The molecular weight excluding hydrogens is 1220 g/mol. The Morgan fingerprint density at radius 2 is 0.722 bits per heavy atom. The molecule has 1 amide bonds. The highest BCUT2D eigenvalue weighted by Gasteiger charge is 2.51. The number of ether oxygens (including phenoxy) is 4. The van der Waals surface area contributed by atoms with Crippen molar-refractivity contribution in [3.05, 3.63) is 85.1 Å².